The topological polar surface area (TPSA) is 667 Å². The summed E-state index contributed by atoms with van der Waals surface area (Å²) in [7, 11) is 14.2. The van der Waals surface area contributed by atoms with Gasteiger partial charge < -0.3 is 66.3 Å². The number of nitrogen functional groups attached to an aromatic ring is 8. The number of hydrogen-bond donors (Lipinski definition) is 13. The predicted octanol–water partition coefficient (Wildman–Crippen LogP) is 12.1. The standard InChI is InChI=1S/C13H12FN5.C13H11N7.C13H13N5.3C12H10FN5O.C12H10FN5.C9H13N5O.CH4/c1-7-3-4-8(5-9(7)14)11-10-12(15)16-6-17-13(10)19(2)18-11;1-20-13-10(12(14)15-6-16-13)11(19-20)7-2-3-8-5-17-18-9(8)4-7;1-8-4-3-5-9(6-8)11-10-12(14)15-7-16-13(10)18(2)17-11;1-18-12-9(11(14)15-5-16-12)10(17-18)6-2-7(13)4-8(19)3-6;1-18-12-9(11(14)15-5-16-12)10(17-18)6-2-3-8(19)7(13)4-6;1-18-12-9(11(14)15-5-16-12)10(17-18)6-2-3-7(13)8(19)4-6;1-18-12-9(11(14)15-6-16-12)10(17-18)7-3-2-4-8(13)5-7;1-14-9-7(8(10)11-5-12-9)6(13-14)3-2-4-15;/h3-6H,1-2H3,(H2,15,16,17);2-6H,1H3,(H,17,18)(H2,14,15,16);3-7H,1-2H3,(H2,14,15,16);3*2-5,19H,1H3,(H2,14,15,16);2-6H,1H3,(H2,14,15,16);5,15H,2-4H2,1H3,(H2,10,11,12);1H4. The van der Waals surface area contributed by atoms with E-state index in [9.17, 15) is 37.3 Å². The van der Waals surface area contributed by atoms with Gasteiger partial charge in [0.05, 0.1) is 60.5 Å². The summed E-state index contributed by atoms with van der Waals surface area (Å²) in [5, 5.41) is 85.1. The van der Waals surface area contributed by atoms with Crippen LogP contribution in [-0.2, 0) is 62.8 Å². The molecule has 750 valence electrons. The molecule has 0 aliphatic carbocycles. The van der Waals surface area contributed by atoms with Crippen LogP contribution >= 0.6 is 0 Å². The molecule has 0 saturated carbocycles. The van der Waals surface area contributed by atoms with Crippen molar-refractivity contribution in [2.24, 2.45) is 56.4 Å². The molecular formula is C97H93F5N42O4. The summed E-state index contributed by atoms with van der Waals surface area (Å²) >= 11 is 0. The van der Waals surface area contributed by atoms with Gasteiger partial charge in [0.15, 0.2) is 68.3 Å². The average molecular weight is 2010 g/mol. The largest absolute Gasteiger partial charge is 0.508 e. The van der Waals surface area contributed by atoms with Gasteiger partial charge in [0.2, 0.25) is 0 Å². The van der Waals surface area contributed by atoms with Crippen molar-refractivity contribution in [1.82, 2.24) is 168 Å². The number of aromatic amines is 1. The number of aliphatic hydroxyl groups is 1. The lowest BCUT2D eigenvalue weighted by Gasteiger charge is -2.01. The molecule has 24 rings (SSSR count). The third-order valence-corrected chi connectivity index (χ3v) is 23.0. The van der Waals surface area contributed by atoms with Crippen LogP contribution in [0.15, 0.2) is 196 Å². The fourth-order valence-electron chi connectivity index (χ4n) is 16.1. The Labute approximate surface area is 833 Å². The van der Waals surface area contributed by atoms with Crippen LogP contribution in [0, 0.1) is 42.9 Å². The molecule has 17 heterocycles. The highest BCUT2D eigenvalue weighted by Crippen LogP contribution is 2.40. The minimum atomic E-state index is -0.716. The van der Waals surface area contributed by atoms with Gasteiger partial charge in [-0.3, -0.25) is 9.78 Å². The van der Waals surface area contributed by atoms with Gasteiger partial charge in [-0.1, -0.05) is 67.6 Å². The van der Waals surface area contributed by atoms with Crippen molar-refractivity contribution in [1.29, 1.82) is 0 Å². The summed E-state index contributed by atoms with van der Waals surface area (Å²) in [6, 6.07) is 37.0. The first kappa shape index (κ1) is 101. The number of aromatic hydroxyl groups is 3. The number of nitrogens with one attached hydrogen (secondary N) is 1. The van der Waals surface area contributed by atoms with E-state index in [4.69, 9.17) is 51.0 Å². The smallest absolute Gasteiger partial charge is 0.165 e. The normalized spacial score (nSPS) is 11.0. The number of H-pyrrole nitrogens is 1. The molecule has 0 aliphatic heterocycles. The Morgan fingerprint density at radius 2 is 0.622 bits per heavy atom. The lowest BCUT2D eigenvalue weighted by molar-refractivity contribution is 0.288. The molecule has 51 heteroatoms. The number of fused-ring (bicyclic) bond motifs is 9. The minimum Gasteiger partial charge on any atom is -0.508 e. The fourth-order valence-corrected chi connectivity index (χ4v) is 16.1. The molecule has 0 atom stereocenters. The molecule has 46 nitrogen and oxygen atoms in total. The second-order valence-corrected chi connectivity index (χ2v) is 32.9. The first-order valence-corrected chi connectivity index (χ1v) is 44.2. The van der Waals surface area contributed by atoms with Gasteiger partial charge in [0, 0.05) is 113 Å². The second kappa shape index (κ2) is 42.3. The van der Waals surface area contributed by atoms with Crippen LogP contribution in [0.3, 0.4) is 0 Å². The van der Waals surface area contributed by atoms with Gasteiger partial charge in [-0.2, -0.15) is 45.9 Å². The third-order valence-electron chi connectivity index (χ3n) is 23.0. The minimum absolute atomic E-state index is 0. The average Bonchev–Trinajstić information content (AvgIpc) is 1.60. The number of aliphatic hydroxyl groups excluding tert-OH is 1. The quantitative estimate of drug-likeness (QED) is 0.0566. The van der Waals surface area contributed by atoms with Crippen LogP contribution in [0.2, 0.25) is 0 Å². The van der Waals surface area contributed by atoms with E-state index in [1.807, 2.05) is 57.5 Å². The highest BCUT2D eigenvalue weighted by Gasteiger charge is 2.25. The molecule has 0 bridgehead atoms. The number of aryl methyl sites for hydroxylation is 11. The van der Waals surface area contributed by atoms with Gasteiger partial charge in [0.1, 0.15) is 160 Å². The van der Waals surface area contributed by atoms with E-state index in [0.717, 1.165) is 78.3 Å². The van der Waals surface area contributed by atoms with E-state index in [2.05, 4.69) is 150 Å². The Balaban J connectivity index is 0.000000121. The maximum Gasteiger partial charge on any atom is 0.165 e. The van der Waals surface area contributed by atoms with Crippen LogP contribution in [0.4, 0.5) is 68.5 Å². The first-order chi connectivity index (χ1) is 70.6. The zero-order chi connectivity index (χ0) is 104. The van der Waals surface area contributed by atoms with E-state index < -0.39 is 29.0 Å². The van der Waals surface area contributed by atoms with Gasteiger partial charge in [0.25, 0.3) is 0 Å². The number of aromatic nitrogens is 34. The van der Waals surface area contributed by atoms with E-state index in [1.54, 1.807) is 105 Å². The molecular weight excluding hydrogens is 1910 g/mol. The summed E-state index contributed by atoms with van der Waals surface area (Å²) < 4.78 is 79.8. The molecule has 24 aromatic rings. The summed E-state index contributed by atoms with van der Waals surface area (Å²) in [6.45, 7) is 3.91. The molecule has 0 spiro atoms. The molecule has 7 aromatic carbocycles. The number of anilines is 8. The number of hydrogen-bond acceptors (Lipinski definition) is 37. The van der Waals surface area contributed by atoms with Crippen LogP contribution in [0.25, 0.3) is 178 Å². The Kier molecular flexibility index (Phi) is 28.8. The number of halogens is 5. The highest BCUT2D eigenvalue weighted by molar-refractivity contribution is 6.04. The Morgan fingerprint density at radius 3 is 0.993 bits per heavy atom. The van der Waals surface area contributed by atoms with Crippen molar-refractivity contribution in [2.45, 2.75) is 34.1 Å². The first-order valence-electron chi connectivity index (χ1n) is 44.2. The molecule has 0 saturated heterocycles. The molecule has 0 amide bonds. The number of rotatable bonds is 10. The number of phenols is 3. The lowest BCUT2D eigenvalue weighted by Crippen LogP contribution is -1.95. The van der Waals surface area contributed by atoms with Crippen molar-refractivity contribution in [3.8, 4) is 96.1 Å². The molecule has 0 radical (unpaired) electrons. The Hall–Kier alpha value is -20.2. The molecule has 0 aliphatic rings. The van der Waals surface area contributed by atoms with Crippen molar-refractivity contribution < 1.29 is 42.4 Å². The van der Waals surface area contributed by atoms with Crippen molar-refractivity contribution in [3.05, 3.63) is 242 Å². The van der Waals surface area contributed by atoms with Crippen LogP contribution in [0.5, 0.6) is 17.2 Å². The summed E-state index contributed by atoms with van der Waals surface area (Å²) in [5.74, 6) is -0.716. The predicted molar refractivity (Wildman–Crippen MR) is 550 cm³/mol. The monoisotopic (exact) mass is 2000 g/mol. The molecule has 21 N–H and O–H groups in total. The van der Waals surface area contributed by atoms with Crippen LogP contribution < -0.4 is 45.9 Å². The molecule has 148 heavy (non-hydrogen) atoms. The number of phenolic OH excluding ortho intramolecular Hbond substituents is 3. The zero-order valence-electron chi connectivity index (χ0n) is 79.7. The SMILES string of the molecule is C.Cc1ccc(-c2nn(C)c3ncnc(N)c23)cc1F.Cc1cccc(-c2nn(C)c3ncnc(N)c23)c1.Cn1nc(-c2cc(O)cc(F)c2)c2c(N)ncnc21.Cn1nc(-c2ccc(F)c(O)c2)c2c(N)ncnc21.Cn1nc(-c2ccc(O)c(F)c2)c2c(N)ncnc21.Cn1nc(-c2ccc3cn[nH]c3c2)c2c(N)ncnc21.Cn1nc(-c2cccc(F)c2)c2c(N)ncnc21.Cn1nc(CCCO)c2c(N)ncnc21. The van der Waals surface area contributed by atoms with Gasteiger partial charge >= 0.3 is 0 Å². The molecule has 0 unspecified atom stereocenters. The Bertz CT molecular complexity index is 8640. The number of nitrogens with zero attached hydrogens (tertiary/aromatic N) is 33. The molecule has 0 fully saturated rings. The summed E-state index contributed by atoms with van der Waals surface area (Å²) in [4.78, 5) is 64.8. The van der Waals surface area contributed by atoms with E-state index >= 15 is 0 Å². The summed E-state index contributed by atoms with van der Waals surface area (Å²) in [6.07, 6.45) is 14.3. The zero-order valence-corrected chi connectivity index (χ0v) is 79.7. The van der Waals surface area contributed by atoms with Gasteiger partial charge in [-0.05, 0) is 111 Å². The van der Waals surface area contributed by atoms with Crippen molar-refractivity contribution in [2.75, 3.05) is 52.5 Å². The van der Waals surface area contributed by atoms with E-state index in [0.29, 0.717) is 159 Å². The second-order valence-electron chi connectivity index (χ2n) is 32.9. The van der Waals surface area contributed by atoms with E-state index in [-0.39, 0.29) is 48.9 Å². The molecule has 17 aromatic heterocycles. The van der Waals surface area contributed by atoms with Crippen LogP contribution in [-0.4, -0.2) is 195 Å². The number of benzene rings is 7. The maximum atomic E-state index is 13.7. The fraction of sp³-hybridized carbons (Fsp3) is 0.144. The van der Waals surface area contributed by atoms with Gasteiger partial charge in [-0.15, -0.1) is 0 Å². The van der Waals surface area contributed by atoms with Crippen LogP contribution in [0.1, 0.15) is 30.7 Å². The van der Waals surface area contributed by atoms with Gasteiger partial charge in [-0.25, -0.2) is 134 Å². The third kappa shape index (κ3) is 20.4. The van der Waals surface area contributed by atoms with Crippen molar-refractivity contribution >= 4 is 146 Å². The maximum absolute atomic E-state index is 13.7. The Morgan fingerprint density at radius 1 is 0.297 bits per heavy atom. The highest BCUT2D eigenvalue weighted by atomic mass is 19.1. The lowest BCUT2D eigenvalue weighted by atomic mass is 10.1. The van der Waals surface area contributed by atoms with E-state index in [1.165, 1.54) is 122 Å². The van der Waals surface area contributed by atoms with Crippen molar-refractivity contribution in [3.63, 3.8) is 0 Å². The summed E-state index contributed by atoms with van der Waals surface area (Å²) in [5.41, 5.74) is 64.6. The number of nitrogens with two attached hydrogens (primary N) is 8.